The van der Waals surface area contributed by atoms with E-state index in [-0.39, 0.29) is 5.91 Å². The lowest BCUT2D eigenvalue weighted by atomic mass is 10.2. The minimum atomic E-state index is 0.0864. The highest BCUT2D eigenvalue weighted by atomic mass is 32.1. The number of nitrogens with one attached hydrogen (secondary N) is 1. The second-order valence-corrected chi connectivity index (χ2v) is 6.11. The fraction of sp³-hybridized carbons (Fsp3) is 0.375. The summed E-state index contributed by atoms with van der Waals surface area (Å²) in [7, 11) is 1.83. The van der Waals surface area contributed by atoms with Crippen LogP contribution in [0.5, 0.6) is 0 Å². The molecule has 1 amide bonds. The summed E-state index contributed by atoms with van der Waals surface area (Å²) in [4.78, 5) is 17.0. The van der Waals surface area contributed by atoms with Crippen molar-refractivity contribution in [2.45, 2.75) is 6.92 Å². The van der Waals surface area contributed by atoms with Crippen molar-refractivity contribution in [3.05, 3.63) is 41.6 Å². The van der Waals surface area contributed by atoms with E-state index in [4.69, 9.17) is 0 Å². The first kappa shape index (κ1) is 14.8. The average molecular weight is 316 g/mol. The molecule has 1 saturated heterocycles. The molecule has 2 aromatic rings. The van der Waals surface area contributed by atoms with Crippen LogP contribution in [0.25, 0.3) is 0 Å². The number of carbonyl (C=O) groups excluding carboxylic acids is 1. The predicted octanol–water partition coefficient (Wildman–Crippen LogP) is 2.46. The Kier molecular flexibility index (Phi) is 4.29. The van der Waals surface area contributed by atoms with Gasteiger partial charge < -0.3 is 15.1 Å². The summed E-state index contributed by atoms with van der Waals surface area (Å²) in [6.07, 6.45) is 0. The first-order valence-electron chi connectivity index (χ1n) is 7.44. The second-order valence-electron chi connectivity index (χ2n) is 5.34. The molecular weight excluding hydrogens is 296 g/mol. The third kappa shape index (κ3) is 2.78. The van der Waals surface area contributed by atoms with E-state index in [2.05, 4.69) is 26.7 Å². The van der Waals surface area contributed by atoms with Crippen LogP contribution in [-0.4, -0.2) is 48.4 Å². The topological polar surface area (TPSA) is 48.5 Å². The largest absolute Gasteiger partial charge is 0.378 e. The number of piperazine rings is 1. The molecule has 0 bridgehead atoms. The van der Waals surface area contributed by atoms with Crippen molar-refractivity contribution in [2.24, 2.45) is 0 Å². The molecule has 0 saturated carbocycles. The van der Waals surface area contributed by atoms with E-state index in [9.17, 15) is 4.79 Å². The van der Waals surface area contributed by atoms with Gasteiger partial charge in [-0.25, -0.2) is 0 Å². The summed E-state index contributed by atoms with van der Waals surface area (Å²) in [5, 5.41) is 3.92. The van der Waals surface area contributed by atoms with Crippen molar-refractivity contribution in [1.29, 1.82) is 0 Å². The number of hydrogen-bond acceptors (Lipinski definition) is 5. The highest BCUT2D eigenvalue weighted by Crippen LogP contribution is 2.26. The molecule has 0 atom stereocenters. The van der Waals surface area contributed by atoms with Gasteiger partial charge in [-0.05, 0) is 30.6 Å². The molecule has 0 unspecified atom stereocenters. The predicted molar refractivity (Wildman–Crippen MR) is 91.0 cm³/mol. The summed E-state index contributed by atoms with van der Waals surface area (Å²) in [6, 6.07) is 10.3. The van der Waals surface area contributed by atoms with E-state index in [1.165, 1.54) is 17.2 Å². The lowest BCUT2D eigenvalue weighted by Gasteiger charge is -2.36. The molecule has 1 N–H and O–H groups in total. The van der Waals surface area contributed by atoms with Crippen LogP contribution in [-0.2, 0) is 0 Å². The van der Waals surface area contributed by atoms with Gasteiger partial charge in [-0.2, -0.15) is 4.37 Å². The summed E-state index contributed by atoms with van der Waals surface area (Å²) in [5.41, 5.74) is 2.75. The van der Waals surface area contributed by atoms with E-state index < -0.39 is 0 Å². The first-order chi connectivity index (χ1) is 10.7. The van der Waals surface area contributed by atoms with Gasteiger partial charge in [0.05, 0.1) is 11.3 Å². The monoisotopic (exact) mass is 316 g/mol. The molecule has 5 nitrogen and oxygen atoms in total. The third-order valence-electron chi connectivity index (χ3n) is 3.99. The van der Waals surface area contributed by atoms with Crippen LogP contribution in [0.3, 0.4) is 0 Å². The quantitative estimate of drug-likeness (QED) is 0.945. The van der Waals surface area contributed by atoms with Crippen LogP contribution in [0.1, 0.15) is 16.1 Å². The van der Waals surface area contributed by atoms with Crippen LogP contribution in [0.15, 0.2) is 30.3 Å². The van der Waals surface area contributed by atoms with Crippen molar-refractivity contribution >= 4 is 28.1 Å². The van der Waals surface area contributed by atoms with Gasteiger partial charge in [-0.1, -0.05) is 18.2 Å². The molecule has 2 heterocycles. The van der Waals surface area contributed by atoms with Crippen molar-refractivity contribution < 1.29 is 4.79 Å². The van der Waals surface area contributed by atoms with Crippen LogP contribution in [0, 0.1) is 6.92 Å². The van der Waals surface area contributed by atoms with E-state index >= 15 is 0 Å². The van der Waals surface area contributed by atoms with Gasteiger partial charge in [-0.15, -0.1) is 0 Å². The number of hydrogen-bond donors (Lipinski definition) is 1. The minimum absolute atomic E-state index is 0.0864. The van der Waals surface area contributed by atoms with E-state index in [0.29, 0.717) is 0 Å². The maximum Gasteiger partial charge on any atom is 0.258 e. The maximum absolute atomic E-state index is 12.7. The number of para-hydroxylation sites is 1. The number of nitrogens with zero attached hydrogens (tertiary/aromatic N) is 3. The van der Waals surface area contributed by atoms with Crippen LogP contribution >= 0.6 is 11.5 Å². The Bertz CT molecular complexity index is 647. The molecule has 1 aliphatic heterocycles. The molecule has 3 rings (SSSR count). The van der Waals surface area contributed by atoms with Crippen molar-refractivity contribution in [2.75, 3.05) is 43.4 Å². The fourth-order valence-corrected chi connectivity index (χ4v) is 3.49. The van der Waals surface area contributed by atoms with Gasteiger partial charge in [0.25, 0.3) is 5.91 Å². The Morgan fingerprint density at radius 2 is 1.86 bits per heavy atom. The molecule has 0 aliphatic carbocycles. The average Bonchev–Trinajstić information content (AvgIpc) is 2.96. The van der Waals surface area contributed by atoms with Crippen molar-refractivity contribution in [3.63, 3.8) is 0 Å². The van der Waals surface area contributed by atoms with E-state index in [1.807, 2.05) is 37.1 Å². The van der Waals surface area contributed by atoms with Crippen LogP contribution in [0.2, 0.25) is 0 Å². The Labute approximate surface area is 134 Å². The summed E-state index contributed by atoms with van der Waals surface area (Å²) in [6.45, 7) is 5.10. The Morgan fingerprint density at radius 3 is 2.50 bits per heavy atom. The van der Waals surface area contributed by atoms with Crippen LogP contribution < -0.4 is 10.2 Å². The number of carbonyl (C=O) groups is 1. The Balaban J connectivity index is 1.69. The Morgan fingerprint density at radius 1 is 1.18 bits per heavy atom. The van der Waals surface area contributed by atoms with E-state index in [1.54, 1.807) is 0 Å². The van der Waals surface area contributed by atoms with Gasteiger partial charge >= 0.3 is 0 Å². The summed E-state index contributed by atoms with van der Waals surface area (Å²) >= 11 is 1.35. The zero-order valence-electron chi connectivity index (χ0n) is 12.9. The van der Waals surface area contributed by atoms with Gasteiger partial charge in [-0.3, -0.25) is 4.79 Å². The molecule has 6 heteroatoms. The molecular formula is C16H20N4OS. The number of benzene rings is 1. The van der Waals surface area contributed by atoms with Crippen LogP contribution in [0.4, 0.5) is 10.7 Å². The second kappa shape index (κ2) is 6.36. The highest BCUT2D eigenvalue weighted by molar-refractivity contribution is 7.10. The number of rotatable bonds is 3. The molecule has 1 fully saturated rings. The molecule has 116 valence electrons. The standard InChI is InChI=1S/C16H20N4OS/c1-12-14(15(17-2)22-18-12)16(21)20-10-8-19(9-11-20)13-6-4-3-5-7-13/h3-7,17H,8-11H2,1-2H3. The summed E-state index contributed by atoms with van der Waals surface area (Å²) < 4.78 is 4.29. The normalized spacial score (nSPS) is 15.0. The van der Waals surface area contributed by atoms with E-state index in [0.717, 1.165) is 42.4 Å². The van der Waals surface area contributed by atoms with Gasteiger partial charge in [0, 0.05) is 38.9 Å². The van der Waals surface area contributed by atoms with Crippen molar-refractivity contribution in [3.8, 4) is 0 Å². The SMILES string of the molecule is CNc1snc(C)c1C(=O)N1CCN(c2ccccc2)CC1. The number of aromatic nitrogens is 1. The molecule has 0 radical (unpaired) electrons. The zero-order chi connectivity index (χ0) is 15.5. The van der Waals surface area contributed by atoms with Gasteiger partial charge in [0.2, 0.25) is 0 Å². The van der Waals surface area contributed by atoms with Crippen molar-refractivity contribution in [1.82, 2.24) is 9.27 Å². The third-order valence-corrected chi connectivity index (χ3v) is 4.95. The molecule has 0 spiro atoms. The lowest BCUT2D eigenvalue weighted by molar-refractivity contribution is 0.0747. The molecule has 1 aromatic carbocycles. The van der Waals surface area contributed by atoms with Gasteiger partial charge in [0.1, 0.15) is 5.00 Å². The smallest absolute Gasteiger partial charge is 0.258 e. The zero-order valence-corrected chi connectivity index (χ0v) is 13.7. The highest BCUT2D eigenvalue weighted by Gasteiger charge is 2.26. The minimum Gasteiger partial charge on any atom is -0.378 e. The summed E-state index contributed by atoms with van der Waals surface area (Å²) in [5.74, 6) is 0.0864. The lowest BCUT2D eigenvalue weighted by Crippen LogP contribution is -2.49. The number of aryl methyl sites for hydroxylation is 1. The maximum atomic E-state index is 12.7. The first-order valence-corrected chi connectivity index (χ1v) is 8.21. The molecule has 22 heavy (non-hydrogen) atoms. The Hall–Kier alpha value is -2.08. The molecule has 1 aliphatic rings. The van der Waals surface area contributed by atoms with Gasteiger partial charge in [0.15, 0.2) is 0 Å². The number of anilines is 2. The fourth-order valence-electron chi connectivity index (χ4n) is 2.76. The molecule has 1 aromatic heterocycles. The number of amides is 1.